The number of carbonyl (C=O) groups is 1. The van der Waals surface area contributed by atoms with Crippen LogP contribution in [0.2, 0.25) is 0 Å². The van der Waals surface area contributed by atoms with Gasteiger partial charge in [-0.2, -0.15) is 5.06 Å². The van der Waals surface area contributed by atoms with Crippen LogP contribution in [0.4, 0.5) is 16.3 Å². The van der Waals surface area contributed by atoms with Gasteiger partial charge in [-0.15, -0.1) is 0 Å². The molecule has 1 aromatic heterocycles. The van der Waals surface area contributed by atoms with Crippen LogP contribution in [0.25, 0.3) is 0 Å². The zero-order valence-electron chi connectivity index (χ0n) is 20.3. The van der Waals surface area contributed by atoms with Crippen molar-refractivity contribution < 1.29 is 14.7 Å². The van der Waals surface area contributed by atoms with Gasteiger partial charge in [0.1, 0.15) is 17.6 Å². The topological polar surface area (TPSA) is 102 Å². The van der Waals surface area contributed by atoms with Crippen molar-refractivity contribution in [2.24, 2.45) is 5.73 Å². The van der Waals surface area contributed by atoms with Crippen molar-refractivity contribution in [3.63, 3.8) is 0 Å². The Balaban J connectivity index is 1.80. The van der Waals surface area contributed by atoms with Crippen molar-refractivity contribution in [1.29, 1.82) is 0 Å². The van der Waals surface area contributed by atoms with E-state index in [0.717, 1.165) is 36.2 Å². The number of hydrogen-bond donors (Lipinski definition) is 2. The monoisotopic (exact) mass is 449 g/mol. The van der Waals surface area contributed by atoms with E-state index in [9.17, 15) is 10.0 Å². The first-order valence-corrected chi connectivity index (χ1v) is 11.3. The maximum absolute atomic E-state index is 12.4. The molecule has 2 aliphatic rings. The van der Waals surface area contributed by atoms with E-state index >= 15 is 0 Å². The molecule has 3 N–H and O–H groups in total. The minimum Gasteiger partial charge on any atom is -0.444 e. The summed E-state index contributed by atoms with van der Waals surface area (Å²) in [5.41, 5.74) is 7.32. The quantitative estimate of drug-likeness (QED) is 0.524. The number of anilines is 2. The Kier molecular flexibility index (Phi) is 7.49. The minimum absolute atomic E-state index is 0.275. The van der Waals surface area contributed by atoms with Crippen molar-refractivity contribution in [2.75, 3.05) is 69.7 Å². The number of piperazine rings is 2. The Morgan fingerprint density at radius 1 is 1.22 bits per heavy atom. The van der Waals surface area contributed by atoms with Crippen LogP contribution in [0.15, 0.2) is 12.1 Å². The van der Waals surface area contributed by atoms with Crippen LogP contribution in [0, 0.1) is 0 Å². The summed E-state index contributed by atoms with van der Waals surface area (Å²) in [5.74, 6) is 0.866. The number of pyridine rings is 1. The van der Waals surface area contributed by atoms with E-state index in [1.54, 1.807) is 4.90 Å². The Hall–Kier alpha value is -2.14. The van der Waals surface area contributed by atoms with Crippen molar-refractivity contribution in [2.45, 2.75) is 45.5 Å². The van der Waals surface area contributed by atoms with Crippen molar-refractivity contribution >= 4 is 17.6 Å². The Labute approximate surface area is 191 Å². The predicted molar refractivity (Wildman–Crippen MR) is 125 cm³/mol. The number of ether oxygens (including phenoxy) is 1. The standard InChI is InChI=1S/C22H39N7O3/c1-16-15-25(5)7-12-29(16)19-14-17(13-18(24-19)20(23)26(6)31)27-8-10-28(11-9-27)21(30)32-22(2,3)4/h13-14,16,20,31H,7-12,15,23H2,1-6H3/t16-,20?/m0/s1. The molecule has 2 atom stereocenters. The average Bonchev–Trinajstić information content (AvgIpc) is 2.71. The van der Waals surface area contributed by atoms with Crippen molar-refractivity contribution in [1.82, 2.24) is 19.8 Å². The summed E-state index contributed by atoms with van der Waals surface area (Å²) in [7, 11) is 3.65. The Morgan fingerprint density at radius 2 is 1.88 bits per heavy atom. The van der Waals surface area contributed by atoms with E-state index in [1.807, 2.05) is 26.8 Å². The molecule has 2 fully saturated rings. The largest absolute Gasteiger partial charge is 0.444 e. The van der Waals surface area contributed by atoms with Gasteiger partial charge in [0, 0.05) is 70.7 Å². The van der Waals surface area contributed by atoms with Crippen LogP contribution >= 0.6 is 0 Å². The molecule has 32 heavy (non-hydrogen) atoms. The van der Waals surface area contributed by atoms with Crippen LogP contribution in [0.5, 0.6) is 0 Å². The molecule has 10 heteroatoms. The molecule has 0 spiro atoms. The van der Waals surface area contributed by atoms with E-state index in [4.69, 9.17) is 15.5 Å². The second kappa shape index (κ2) is 9.78. The van der Waals surface area contributed by atoms with Crippen LogP contribution in [0.3, 0.4) is 0 Å². The molecule has 1 aromatic rings. The summed E-state index contributed by atoms with van der Waals surface area (Å²) >= 11 is 0. The minimum atomic E-state index is -0.723. The Morgan fingerprint density at radius 3 is 2.44 bits per heavy atom. The highest BCUT2D eigenvalue weighted by Gasteiger charge is 2.28. The summed E-state index contributed by atoms with van der Waals surface area (Å²) in [4.78, 5) is 25.8. The van der Waals surface area contributed by atoms with E-state index in [0.29, 0.717) is 37.9 Å². The number of hydrogen-bond acceptors (Lipinski definition) is 9. The molecule has 180 valence electrons. The molecule has 3 heterocycles. The van der Waals surface area contributed by atoms with Gasteiger partial charge in [-0.1, -0.05) is 0 Å². The zero-order chi connectivity index (χ0) is 23.6. The highest BCUT2D eigenvalue weighted by molar-refractivity contribution is 5.69. The fourth-order valence-electron chi connectivity index (χ4n) is 4.15. The fraction of sp³-hybridized carbons (Fsp3) is 0.727. The molecular formula is C22H39N7O3. The third-order valence-corrected chi connectivity index (χ3v) is 5.94. The lowest BCUT2D eigenvalue weighted by atomic mass is 10.1. The summed E-state index contributed by atoms with van der Waals surface area (Å²) in [6.45, 7) is 13.2. The smallest absolute Gasteiger partial charge is 0.410 e. The fourth-order valence-corrected chi connectivity index (χ4v) is 4.15. The number of carbonyl (C=O) groups excluding carboxylic acids is 1. The maximum Gasteiger partial charge on any atom is 0.410 e. The molecule has 0 saturated carbocycles. The van der Waals surface area contributed by atoms with Crippen LogP contribution < -0.4 is 15.5 Å². The van der Waals surface area contributed by atoms with Crippen molar-refractivity contribution in [3.8, 4) is 0 Å². The normalized spacial score (nSPS) is 21.8. The number of likely N-dealkylation sites (N-methyl/N-ethyl adjacent to an activating group) is 1. The van der Waals surface area contributed by atoms with Crippen LogP contribution in [-0.4, -0.2) is 103 Å². The molecule has 0 aliphatic carbocycles. The molecule has 2 saturated heterocycles. The number of rotatable bonds is 4. The second-order valence-corrected chi connectivity index (χ2v) is 9.89. The Bertz CT molecular complexity index is 790. The van der Waals surface area contributed by atoms with E-state index in [1.165, 1.54) is 7.05 Å². The first-order chi connectivity index (χ1) is 14.9. The summed E-state index contributed by atoms with van der Waals surface area (Å²) in [5, 5.41) is 10.9. The van der Waals surface area contributed by atoms with E-state index in [-0.39, 0.29) is 6.09 Å². The molecule has 0 radical (unpaired) electrons. The number of nitrogens with two attached hydrogens (primary N) is 1. The molecule has 2 aliphatic heterocycles. The SMILES string of the molecule is C[C@H]1CN(C)CCN1c1cc(N2CCN(C(=O)OC(C)(C)C)CC2)cc(C(N)N(C)O)n1. The summed E-state index contributed by atoms with van der Waals surface area (Å²) in [6, 6.07) is 4.35. The molecule has 1 amide bonds. The predicted octanol–water partition coefficient (Wildman–Crippen LogP) is 1.56. The van der Waals surface area contributed by atoms with Gasteiger partial charge in [0.25, 0.3) is 0 Å². The first-order valence-electron chi connectivity index (χ1n) is 11.3. The highest BCUT2D eigenvalue weighted by Crippen LogP contribution is 2.28. The molecule has 0 bridgehead atoms. The maximum atomic E-state index is 12.4. The summed E-state index contributed by atoms with van der Waals surface area (Å²) < 4.78 is 5.51. The van der Waals surface area contributed by atoms with Gasteiger partial charge >= 0.3 is 6.09 Å². The lowest BCUT2D eigenvalue weighted by Gasteiger charge is -2.40. The first kappa shape index (κ1) is 24.5. The van der Waals surface area contributed by atoms with Crippen LogP contribution in [0.1, 0.15) is 39.6 Å². The highest BCUT2D eigenvalue weighted by atomic mass is 16.6. The lowest BCUT2D eigenvalue weighted by molar-refractivity contribution is -0.103. The van der Waals surface area contributed by atoms with Gasteiger partial charge in [0.2, 0.25) is 0 Å². The third-order valence-electron chi connectivity index (χ3n) is 5.94. The molecule has 10 nitrogen and oxygen atoms in total. The molecule has 3 rings (SSSR count). The average molecular weight is 450 g/mol. The molecular weight excluding hydrogens is 410 g/mol. The van der Waals surface area contributed by atoms with Gasteiger partial charge < -0.3 is 35.3 Å². The van der Waals surface area contributed by atoms with E-state index < -0.39 is 11.8 Å². The summed E-state index contributed by atoms with van der Waals surface area (Å²) in [6.07, 6.45) is -0.997. The van der Waals surface area contributed by atoms with Crippen LogP contribution in [-0.2, 0) is 4.74 Å². The lowest BCUT2D eigenvalue weighted by Crippen LogP contribution is -2.51. The van der Waals surface area contributed by atoms with Gasteiger partial charge in [-0.25, -0.2) is 9.78 Å². The number of nitrogens with zero attached hydrogens (tertiary/aromatic N) is 6. The number of amides is 1. The number of aromatic nitrogens is 1. The second-order valence-electron chi connectivity index (χ2n) is 9.89. The number of hydroxylamine groups is 2. The van der Waals surface area contributed by atoms with Gasteiger partial charge in [0.05, 0.1) is 5.69 Å². The van der Waals surface area contributed by atoms with Gasteiger partial charge in [-0.05, 0) is 40.8 Å². The zero-order valence-corrected chi connectivity index (χ0v) is 20.3. The van der Waals surface area contributed by atoms with E-state index in [2.05, 4.69) is 34.7 Å². The van der Waals surface area contributed by atoms with Crippen molar-refractivity contribution in [3.05, 3.63) is 17.8 Å². The third kappa shape index (κ3) is 6.00. The molecule has 1 unspecified atom stereocenters. The molecule has 0 aromatic carbocycles. The van der Waals surface area contributed by atoms with Gasteiger partial charge in [-0.3, -0.25) is 0 Å². The van der Waals surface area contributed by atoms with Gasteiger partial charge in [0.15, 0.2) is 0 Å².